The van der Waals surface area contributed by atoms with Gasteiger partial charge in [-0.15, -0.1) is 0 Å². The summed E-state index contributed by atoms with van der Waals surface area (Å²) in [7, 11) is 0. The minimum atomic E-state index is -0.0245. The van der Waals surface area contributed by atoms with Gasteiger partial charge in [0.25, 0.3) is 0 Å². The van der Waals surface area contributed by atoms with Crippen LogP contribution in [-0.4, -0.2) is 17.7 Å². The van der Waals surface area contributed by atoms with Gasteiger partial charge in [0.1, 0.15) is 0 Å². The summed E-state index contributed by atoms with van der Waals surface area (Å²) >= 11 is 3.48. The summed E-state index contributed by atoms with van der Waals surface area (Å²) in [6.45, 7) is 3.79. The summed E-state index contributed by atoms with van der Waals surface area (Å²) in [5.74, 6) is 0. The Morgan fingerprint density at radius 2 is 1.88 bits per heavy atom. The average Bonchev–Trinajstić information content (AvgIpc) is 3.24. The van der Waals surface area contributed by atoms with Crippen molar-refractivity contribution in [3.8, 4) is 5.69 Å². The Labute approximate surface area is 150 Å². The summed E-state index contributed by atoms with van der Waals surface area (Å²) in [6.07, 6.45) is 4.22. The van der Waals surface area contributed by atoms with Crippen molar-refractivity contribution in [2.45, 2.75) is 13.2 Å². The molecule has 0 bridgehead atoms. The predicted octanol–water partition coefficient (Wildman–Crippen LogP) is 5.08. The maximum absolute atomic E-state index is 6.02. The van der Waals surface area contributed by atoms with Crippen LogP contribution < -0.4 is 4.90 Å². The number of anilines is 1. The van der Waals surface area contributed by atoms with E-state index >= 15 is 0 Å². The molecule has 0 saturated carbocycles. The Balaban J connectivity index is 1.62. The van der Waals surface area contributed by atoms with Crippen molar-refractivity contribution in [1.82, 2.24) is 4.57 Å². The summed E-state index contributed by atoms with van der Waals surface area (Å²) in [6, 6.07) is 19.0. The van der Waals surface area contributed by atoms with Gasteiger partial charge in [0.2, 0.25) is 0 Å². The molecule has 1 aliphatic heterocycles. The van der Waals surface area contributed by atoms with Crippen LogP contribution in [0.15, 0.2) is 71.5 Å². The third kappa shape index (κ3) is 2.99. The molecule has 1 aromatic heterocycles. The second-order valence-electron chi connectivity index (χ2n) is 6.08. The van der Waals surface area contributed by atoms with Gasteiger partial charge in [-0.1, -0.05) is 28.1 Å². The maximum Gasteiger partial charge on any atom is 0.158 e. The van der Waals surface area contributed by atoms with Crippen molar-refractivity contribution in [3.05, 3.63) is 82.6 Å². The smallest absolute Gasteiger partial charge is 0.158 e. The lowest BCUT2D eigenvalue weighted by molar-refractivity contribution is 0.114. The Morgan fingerprint density at radius 1 is 1.04 bits per heavy atom. The van der Waals surface area contributed by atoms with Crippen LogP contribution in [0.1, 0.15) is 17.4 Å². The van der Waals surface area contributed by atoms with Gasteiger partial charge in [0, 0.05) is 40.3 Å². The zero-order valence-corrected chi connectivity index (χ0v) is 15.1. The zero-order valence-electron chi connectivity index (χ0n) is 13.5. The second-order valence-corrected chi connectivity index (χ2v) is 7.00. The molecule has 24 heavy (non-hydrogen) atoms. The average molecular weight is 383 g/mol. The largest absolute Gasteiger partial charge is 0.352 e. The number of nitrogens with zero attached hydrogens (tertiary/aromatic N) is 2. The van der Waals surface area contributed by atoms with Gasteiger partial charge in [0.05, 0.1) is 6.61 Å². The number of halogens is 1. The van der Waals surface area contributed by atoms with Crippen molar-refractivity contribution >= 4 is 21.6 Å². The van der Waals surface area contributed by atoms with E-state index in [4.69, 9.17) is 4.74 Å². The van der Waals surface area contributed by atoms with E-state index in [0.29, 0.717) is 0 Å². The zero-order chi connectivity index (χ0) is 16.5. The number of benzene rings is 2. The summed E-state index contributed by atoms with van der Waals surface area (Å²) in [4.78, 5) is 2.33. The lowest BCUT2D eigenvalue weighted by atomic mass is 10.2. The minimum Gasteiger partial charge on any atom is -0.352 e. The third-order valence-corrected chi connectivity index (χ3v) is 4.88. The lowest BCUT2D eigenvalue weighted by Crippen LogP contribution is -2.23. The van der Waals surface area contributed by atoms with Gasteiger partial charge in [-0.3, -0.25) is 0 Å². The van der Waals surface area contributed by atoms with Gasteiger partial charge < -0.3 is 14.2 Å². The molecule has 4 heteroatoms. The Morgan fingerprint density at radius 3 is 2.67 bits per heavy atom. The fourth-order valence-electron chi connectivity index (χ4n) is 3.15. The number of aromatic nitrogens is 1. The van der Waals surface area contributed by atoms with Gasteiger partial charge >= 0.3 is 0 Å². The molecule has 0 unspecified atom stereocenters. The lowest BCUT2D eigenvalue weighted by Gasteiger charge is -2.25. The van der Waals surface area contributed by atoms with Gasteiger partial charge in [0.15, 0.2) is 6.23 Å². The monoisotopic (exact) mass is 382 g/mol. The number of rotatable bonds is 3. The van der Waals surface area contributed by atoms with Crippen LogP contribution in [0, 0.1) is 6.92 Å². The Kier molecular flexibility index (Phi) is 4.17. The van der Waals surface area contributed by atoms with Crippen molar-refractivity contribution in [2.24, 2.45) is 0 Å². The highest BCUT2D eigenvalue weighted by Gasteiger charge is 2.27. The molecule has 3 aromatic rings. The molecule has 2 aromatic carbocycles. The van der Waals surface area contributed by atoms with Crippen LogP contribution in [0.2, 0.25) is 0 Å². The first-order chi connectivity index (χ1) is 11.7. The molecule has 0 radical (unpaired) electrons. The van der Waals surface area contributed by atoms with Crippen LogP contribution in [0.5, 0.6) is 0 Å². The van der Waals surface area contributed by atoms with Crippen molar-refractivity contribution in [1.29, 1.82) is 0 Å². The molecule has 0 N–H and O–H groups in total. The van der Waals surface area contributed by atoms with Crippen molar-refractivity contribution < 1.29 is 4.74 Å². The highest BCUT2D eigenvalue weighted by Crippen LogP contribution is 2.33. The fraction of sp³-hybridized carbons (Fsp3) is 0.200. The van der Waals surface area contributed by atoms with E-state index in [-0.39, 0.29) is 6.23 Å². The molecular formula is C20H19BrN2O. The van der Waals surface area contributed by atoms with E-state index in [1.807, 2.05) is 0 Å². The van der Waals surface area contributed by atoms with Crippen molar-refractivity contribution in [3.63, 3.8) is 0 Å². The molecule has 1 aliphatic rings. The number of hydrogen-bond donors (Lipinski definition) is 0. The molecule has 2 heterocycles. The van der Waals surface area contributed by atoms with Gasteiger partial charge in [-0.25, -0.2) is 0 Å². The first-order valence-corrected chi connectivity index (χ1v) is 8.89. The van der Waals surface area contributed by atoms with E-state index in [1.165, 1.54) is 16.8 Å². The van der Waals surface area contributed by atoms with E-state index in [2.05, 4.69) is 99.3 Å². The Bertz CT molecular complexity index is 841. The maximum atomic E-state index is 6.02. The van der Waals surface area contributed by atoms with Gasteiger partial charge in [-0.2, -0.15) is 0 Å². The normalized spacial score (nSPS) is 17.4. The van der Waals surface area contributed by atoms with Crippen LogP contribution in [0.25, 0.3) is 5.69 Å². The molecule has 0 aliphatic carbocycles. The van der Waals surface area contributed by atoms with E-state index < -0.39 is 0 Å². The summed E-state index contributed by atoms with van der Waals surface area (Å²) in [5.41, 5.74) is 4.81. The summed E-state index contributed by atoms with van der Waals surface area (Å²) in [5, 5.41) is 0. The molecule has 3 nitrogen and oxygen atoms in total. The first kappa shape index (κ1) is 15.5. The standard InChI is InChI=1S/C20H19BrN2O/c1-15-3-2-4-19(13-15)23-11-12-24-20(23)16-9-10-22(14-16)18-7-5-17(21)6-8-18/h2-10,13-14,20H,11-12H2,1H3/t20-/m0/s1. The first-order valence-electron chi connectivity index (χ1n) is 8.09. The fourth-order valence-corrected chi connectivity index (χ4v) is 3.41. The molecule has 1 atom stereocenters. The van der Waals surface area contributed by atoms with E-state index in [9.17, 15) is 0 Å². The van der Waals surface area contributed by atoms with Gasteiger partial charge in [-0.05, 0) is 55.0 Å². The van der Waals surface area contributed by atoms with Crippen LogP contribution in [0.4, 0.5) is 5.69 Å². The molecule has 122 valence electrons. The highest BCUT2D eigenvalue weighted by molar-refractivity contribution is 9.10. The molecule has 0 amide bonds. The van der Waals surface area contributed by atoms with E-state index in [0.717, 1.165) is 23.3 Å². The highest BCUT2D eigenvalue weighted by atomic mass is 79.9. The second kappa shape index (κ2) is 6.46. The Hall–Kier alpha value is -2.04. The molecule has 4 rings (SSSR count). The van der Waals surface area contributed by atoms with Crippen LogP contribution >= 0.6 is 15.9 Å². The quantitative estimate of drug-likeness (QED) is 0.627. The SMILES string of the molecule is Cc1cccc(N2CCO[C@H]2c2ccn(-c3ccc(Br)cc3)c2)c1. The molecular weight excluding hydrogens is 364 g/mol. The summed E-state index contributed by atoms with van der Waals surface area (Å²) < 4.78 is 9.24. The molecule has 0 spiro atoms. The van der Waals surface area contributed by atoms with Crippen molar-refractivity contribution in [2.75, 3.05) is 18.1 Å². The van der Waals surface area contributed by atoms with E-state index in [1.54, 1.807) is 0 Å². The van der Waals surface area contributed by atoms with Crippen LogP contribution in [-0.2, 0) is 4.74 Å². The number of aryl methyl sites for hydroxylation is 1. The van der Waals surface area contributed by atoms with Crippen LogP contribution in [0.3, 0.4) is 0 Å². The third-order valence-electron chi connectivity index (χ3n) is 4.35. The molecule has 1 saturated heterocycles. The number of hydrogen-bond acceptors (Lipinski definition) is 2. The minimum absolute atomic E-state index is 0.0245. The number of ether oxygens (including phenoxy) is 1. The topological polar surface area (TPSA) is 17.4 Å². The molecule has 1 fully saturated rings. The predicted molar refractivity (Wildman–Crippen MR) is 101 cm³/mol.